The van der Waals surface area contributed by atoms with Crippen molar-refractivity contribution in [2.24, 2.45) is 0 Å². The number of benzene rings is 3. The van der Waals surface area contributed by atoms with Crippen molar-refractivity contribution in [3.63, 3.8) is 0 Å². The van der Waals surface area contributed by atoms with Crippen LogP contribution in [0.2, 0.25) is 0 Å². The number of halogens is 3. The van der Waals surface area contributed by atoms with Crippen molar-refractivity contribution >= 4 is 10.8 Å². The molecule has 1 aromatic heterocycles. The lowest BCUT2D eigenvalue weighted by atomic mass is 10.1. The summed E-state index contributed by atoms with van der Waals surface area (Å²) >= 11 is 0. The molecule has 0 aliphatic carbocycles. The van der Waals surface area contributed by atoms with Crippen LogP contribution in [0.3, 0.4) is 0 Å². The number of aromatic nitrogens is 2. The van der Waals surface area contributed by atoms with Gasteiger partial charge in [-0.25, -0.2) is 4.68 Å². The van der Waals surface area contributed by atoms with Gasteiger partial charge in [0.2, 0.25) is 0 Å². The van der Waals surface area contributed by atoms with Crippen molar-refractivity contribution in [2.45, 2.75) is 12.7 Å². The van der Waals surface area contributed by atoms with Gasteiger partial charge in [0, 0.05) is 11.6 Å². The molecule has 28 heavy (non-hydrogen) atoms. The van der Waals surface area contributed by atoms with Gasteiger partial charge in [-0.05, 0) is 40.6 Å². The maximum Gasteiger partial charge on any atom is 0.416 e. The molecule has 0 radical (unpaired) electrons. The molecule has 0 aliphatic rings. The van der Waals surface area contributed by atoms with E-state index in [2.05, 4.69) is 5.10 Å². The number of nitrogens with zero attached hydrogens (tertiary/aromatic N) is 2. The third-order valence-corrected chi connectivity index (χ3v) is 4.50. The zero-order valence-electron chi connectivity index (χ0n) is 14.6. The third-order valence-electron chi connectivity index (χ3n) is 4.50. The minimum atomic E-state index is -4.43. The Balaban J connectivity index is 1.70. The van der Waals surface area contributed by atoms with Gasteiger partial charge in [0.05, 0.1) is 17.8 Å². The van der Waals surface area contributed by atoms with Gasteiger partial charge in [0.1, 0.15) is 0 Å². The first-order chi connectivity index (χ1) is 13.4. The monoisotopic (exact) mass is 380 g/mol. The van der Waals surface area contributed by atoms with Crippen molar-refractivity contribution in [1.29, 1.82) is 0 Å². The minimum Gasteiger partial charge on any atom is -0.268 e. The summed E-state index contributed by atoms with van der Waals surface area (Å²) in [7, 11) is 0. The molecular weight excluding hydrogens is 365 g/mol. The topological polar surface area (TPSA) is 34.9 Å². The Morgan fingerprint density at radius 2 is 1.61 bits per heavy atom. The van der Waals surface area contributed by atoms with Gasteiger partial charge in [0.25, 0.3) is 5.56 Å². The van der Waals surface area contributed by atoms with Crippen LogP contribution in [-0.4, -0.2) is 9.78 Å². The Bertz CT molecular complexity index is 1210. The fourth-order valence-corrected chi connectivity index (χ4v) is 3.08. The molecule has 3 aromatic carbocycles. The largest absolute Gasteiger partial charge is 0.416 e. The van der Waals surface area contributed by atoms with E-state index < -0.39 is 11.7 Å². The maximum atomic E-state index is 12.9. The fourth-order valence-electron chi connectivity index (χ4n) is 3.08. The van der Waals surface area contributed by atoms with Crippen molar-refractivity contribution < 1.29 is 13.2 Å². The summed E-state index contributed by atoms with van der Waals surface area (Å²) in [5.41, 5.74) is 0.652. The lowest BCUT2D eigenvalue weighted by Gasteiger charge is -2.11. The van der Waals surface area contributed by atoms with E-state index in [-0.39, 0.29) is 12.1 Å². The standard InChI is InChI=1S/C22H15F3N2O/c23-22(24,25)19-7-3-4-15(12-19)14-27-21(28)11-10-20(26-27)18-9-8-16-5-1-2-6-17(16)13-18/h1-13H,14H2. The first-order valence-electron chi connectivity index (χ1n) is 8.64. The number of alkyl halides is 3. The number of hydrogen-bond acceptors (Lipinski definition) is 2. The molecule has 3 nitrogen and oxygen atoms in total. The van der Waals surface area contributed by atoms with Crippen LogP contribution >= 0.6 is 0 Å². The average molecular weight is 380 g/mol. The highest BCUT2D eigenvalue weighted by molar-refractivity contribution is 5.86. The van der Waals surface area contributed by atoms with E-state index in [1.807, 2.05) is 42.5 Å². The highest BCUT2D eigenvalue weighted by Gasteiger charge is 2.30. The van der Waals surface area contributed by atoms with Gasteiger partial charge in [-0.3, -0.25) is 4.79 Å². The summed E-state index contributed by atoms with van der Waals surface area (Å²) in [6.45, 7) is -0.0375. The molecule has 0 fully saturated rings. The summed E-state index contributed by atoms with van der Waals surface area (Å²) in [6, 6.07) is 21.6. The van der Waals surface area contributed by atoms with Crippen LogP contribution in [0.5, 0.6) is 0 Å². The van der Waals surface area contributed by atoms with Gasteiger partial charge >= 0.3 is 6.18 Å². The molecule has 140 valence electrons. The van der Waals surface area contributed by atoms with Gasteiger partial charge in [0.15, 0.2) is 0 Å². The summed E-state index contributed by atoms with van der Waals surface area (Å²) in [6.07, 6.45) is -4.43. The molecule has 0 bridgehead atoms. The highest BCUT2D eigenvalue weighted by Crippen LogP contribution is 2.29. The molecule has 0 saturated heterocycles. The van der Waals surface area contributed by atoms with Gasteiger partial charge in [-0.15, -0.1) is 0 Å². The van der Waals surface area contributed by atoms with E-state index in [0.717, 1.165) is 28.5 Å². The summed E-state index contributed by atoms with van der Waals surface area (Å²) in [4.78, 5) is 12.2. The van der Waals surface area contributed by atoms with Crippen molar-refractivity contribution in [3.05, 3.63) is 100 Å². The van der Waals surface area contributed by atoms with E-state index >= 15 is 0 Å². The molecule has 0 aliphatic heterocycles. The van der Waals surface area contributed by atoms with Crippen LogP contribution < -0.4 is 5.56 Å². The smallest absolute Gasteiger partial charge is 0.268 e. The van der Waals surface area contributed by atoms with Crippen molar-refractivity contribution in [3.8, 4) is 11.3 Å². The van der Waals surface area contributed by atoms with Gasteiger partial charge in [-0.2, -0.15) is 18.3 Å². The Kier molecular flexibility index (Phi) is 4.47. The van der Waals surface area contributed by atoms with Crippen LogP contribution in [0, 0.1) is 0 Å². The van der Waals surface area contributed by atoms with Gasteiger partial charge in [-0.1, -0.05) is 48.5 Å². The second-order valence-corrected chi connectivity index (χ2v) is 6.47. The number of hydrogen-bond donors (Lipinski definition) is 0. The fraction of sp³-hybridized carbons (Fsp3) is 0.0909. The minimum absolute atomic E-state index is 0.0375. The van der Waals surface area contributed by atoms with Crippen molar-refractivity contribution in [1.82, 2.24) is 9.78 Å². The number of fused-ring (bicyclic) bond motifs is 1. The SMILES string of the molecule is O=c1ccc(-c2ccc3ccccc3c2)nn1Cc1cccc(C(F)(F)F)c1. The molecule has 0 N–H and O–H groups in total. The Labute approximate surface area is 158 Å². The molecular formula is C22H15F3N2O. The molecule has 1 heterocycles. The third kappa shape index (κ3) is 3.67. The second-order valence-electron chi connectivity index (χ2n) is 6.47. The zero-order valence-corrected chi connectivity index (χ0v) is 14.6. The Hall–Kier alpha value is -3.41. The lowest BCUT2D eigenvalue weighted by Crippen LogP contribution is -2.23. The van der Waals surface area contributed by atoms with Crippen LogP contribution in [0.1, 0.15) is 11.1 Å². The zero-order chi connectivity index (χ0) is 19.7. The second kappa shape index (κ2) is 6.96. The molecule has 0 atom stereocenters. The van der Waals surface area contributed by atoms with E-state index in [0.29, 0.717) is 11.3 Å². The lowest BCUT2D eigenvalue weighted by molar-refractivity contribution is -0.137. The predicted molar refractivity (Wildman–Crippen MR) is 102 cm³/mol. The average Bonchev–Trinajstić information content (AvgIpc) is 2.69. The highest BCUT2D eigenvalue weighted by atomic mass is 19.4. The Morgan fingerprint density at radius 1 is 0.821 bits per heavy atom. The summed E-state index contributed by atoms with van der Waals surface area (Å²) in [5, 5.41) is 6.49. The van der Waals surface area contributed by atoms with E-state index in [1.54, 1.807) is 12.1 Å². The molecule has 0 amide bonds. The van der Waals surface area contributed by atoms with Crippen molar-refractivity contribution in [2.75, 3.05) is 0 Å². The summed E-state index contributed by atoms with van der Waals surface area (Å²) in [5.74, 6) is 0. The van der Waals surface area contributed by atoms with E-state index in [9.17, 15) is 18.0 Å². The van der Waals surface area contributed by atoms with Crippen LogP contribution in [0.4, 0.5) is 13.2 Å². The molecule has 6 heteroatoms. The maximum absolute atomic E-state index is 12.9. The van der Waals surface area contributed by atoms with Crippen LogP contribution in [0.25, 0.3) is 22.0 Å². The number of rotatable bonds is 3. The predicted octanol–water partition coefficient (Wildman–Crippen LogP) is 5.13. The van der Waals surface area contributed by atoms with E-state index in [1.165, 1.54) is 16.8 Å². The first-order valence-corrected chi connectivity index (χ1v) is 8.64. The van der Waals surface area contributed by atoms with Crippen LogP contribution in [-0.2, 0) is 12.7 Å². The van der Waals surface area contributed by atoms with Crippen LogP contribution in [0.15, 0.2) is 83.7 Å². The summed E-state index contributed by atoms with van der Waals surface area (Å²) < 4.78 is 39.9. The van der Waals surface area contributed by atoms with E-state index in [4.69, 9.17) is 0 Å². The molecule has 4 rings (SSSR count). The molecule has 4 aromatic rings. The molecule has 0 spiro atoms. The quantitative estimate of drug-likeness (QED) is 0.494. The van der Waals surface area contributed by atoms with Gasteiger partial charge < -0.3 is 0 Å². The molecule has 0 unspecified atom stereocenters. The first kappa shape index (κ1) is 18.0. The normalized spacial score (nSPS) is 11.7. The molecule has 0 saturated carbocycles. The Morgan fingerprint density at radius 3 is 2.39 bits per heavy atom.